The summed E-state index contributed by atoms with van der Waals surface area (Å²) in [5.74, 6) is 0.134. The third-order valence-electron chi connectivity index (χ3n) is 3.74. The van der Waals surface area contributed by atoms with Gasteiger partial charge < -0.3 is 9.88 Å². The lowest BCUT2D eigenvalue weighted by molar-refractivity contribution is 0.0159. The zero-order valence-corrected chi connectivity index (χ0v) is 10.2. The molecule has 1 N–H and O–H groups in total. The number of carbonyl (C=O) groups excluding carboxylic acids is 1. The second kappa shape index (κ2) is 3.36. The minimum Gasteiger partial charge on any atom is -0.361 e. The van der Waals surface area contributed by atoms with Gasteiger partial charge in [-0.05, 0) is 32.4 Å². The fourth-order valence-corrected chi connectivity index (χ4v) is 2.46. The first kappa shape index (κ1) is 10.4. The largest absolute Gasteiger partial charge is 0.361 e. The van der Waals surface area contributed by atoms with Crippen LogP contribution in [0.15, 0.2) is 30.5 Å². The van der Waals surface area contributed by atoms with E-state index < -0.39 is 0 Å². The topological polar surface area (TPSA) is 36.1 Å². The summed E-state index contributed by atoms with van der Waals surface area (Å²) in [6, 6.07) is 7.85. The minimum absolute atomic E-state index is 0.00579. The third kappa shape index (κ3) is 1.46. The smallest absolute Gasteiger partial charge is 0.256 e. The summed E-state index contributed by atoms with van der Waals surface area (Å²) in [7, 11) is 0. The number of rotatable bonds is 1. The van der Waals surface area contributed by atoms with Gasteiger partial charge in [0, 0.05) is 23.7 Å². The number of likely N-dealkylation sites (tertiary alicyclic amines) is 1. The highest BCUT2D eigenvalue weighted by Gasteiger charge is 2.39. The van der Waals surface area contributed by atoms with E-state index in [9.17, 15) is 4.79 Å². The molecule has 0 bridgehead atoms. The highest BCUT2D eigenvalue weighted by Crippen LogP contribution is 2.32. The quantitative estimate of drug-likeness (QED) is 0.800. The van der Waals surface area contributed by atoms with Gasteiger partial charge >= 0.3 is 0 Å². The van der Waals surface area contributed by atoms with Gasteiger partial charge in [-0.1, -0.05) is 12.1 Å². The maximum atomic E-state index is 12.5. The van der Waals surface area contributed by atoms with E-state index in [0.29, 0.717) is 0 Å². The Morgan fingerprint density at radius 2 is 2.18 bits per heavy atom. The molecule has 2 aromatic rings. The van der Waals surface area contributed by atoms with Crippen molar-refractivity contribution < 1.29 is 4.79 Å². The van der Waals surface area contributed by atoms with Crippen LogP contribution in [0.25, 0.3) is 10.9 Å². The molecule has 1 amide bonds. The molecule has 0 atom stereocenters. The Hall–Kier alpha value is -1.77. The van der Waals surface area contributed by atoms with Gasteiger partial charge in [-0.15, -0.1) is 0 Å². The van der Waals surface area contributed by atoms with E-state index in [0.717, 1.165) is 29.4 Å². The van der Waals surface area contributed by atoms with Gasteiger partial charge in [0.15, 0.2) is 0 Å². The molecule has 1 saturated heterocycles. The predicted octanol–water partition coefficient (Wildman–Crippen LogP) is 2.79. The number of carbonyl (C=O) groups is 1. The van der Waals surface area contributed by atoms with E-state index in [4.69, 9.17) is 0 Å². The summed E-state index contributed by atoms with van der Waals surface area (Å²) >= 11 is 0. The van der Waals surface area contributed by atoms with Crippen molar-refractivity contribution >= 4 is 16.8 Å². The van der Waals surface area contributed by atoms with Gasteiger partial charge in [0.25, 0.3) is 5.91 Å². The first-order valence-corrected chi connectivity index (χ1v) is 5.98. The number of nitrogens with one attached hydrogen (secondary N) is 1. The summed E-state index contributed by atoms with van der Waals surface area (Å²) in [6.07, 6.45) is 2.96. The fourth-order valence-electron chi connectivity index (χ4n) is 2.46. The molecule has 1 aliphatic heterocycles. The Morgan fingerprint density at radius 3 is 2.82 bits per heavy atom. The van der Waals surface area contributed by atoms with Gasteiger partial charge in [0.05, 0.1) is 11.1 Å². The number of fused-ring (bicyclic) bond motifs is 1. The van der Waals surface area contributed by atoms with Crippen LogP contribution in [-0.4, -0.2) is 27.9 Å². The van der Waals surface area contributed by atoms with Gasteiger partial charge in [0.2, 0.25) is 0 Å². The maximum Gasteiger partial charge on any atom is 0.256 e. The molecule has 1 aliphatic rings. The lowest BCUT2D eigenvalue weighted by Gasteiger charge is -2.48. The summed E-state index contributed by atoms with van der Waals surface area (Å²) < 4.78 is 0. The molecule has 17 heavy (non-hydrogen) atoms. The monoisotopic (exact) mass is 228 g/mol. The highest BCUT2D eigenvalue weighted by molar-refractivity contribution is 6.06. The number of benzene rings is 1. The number of H-pyrrole nitrogens is 1. The summed E-state index contributed by atoms with van der Waals surface area (Å²) in [4.78, 5) is 17.6. The van der Waals surface area contributed by atoms with Crippen molar-refractivity contribution in [3.8, 4) is 0 Å². The molecule has 3 rings (SSSR count). The Morgan fingerprint density at radius 1 is 1.35 bits per heavy atom. The van der Waals surface area contributed by atoms with Crippen LogP contribution < -0.4 is 0 Å². The summed E-state index contributed by atoms with van der Waals surface area (Å²) in [6.45, 7) is 5.09. The van der Waals surface area contributed by atoms with Crippen LogP contribution in [-0.2, 0) is 0 Å². The third-order valence-corrected chi connectivity index (χ3v) is 3.74. The standard InChI is InChI=1S/C14H16N2O/c1-14(2)7-9-16(14)13(17)11-5-3-4-10-6-8-15-12(10)11/h3-6,8,15H,7,9H2,1-2H3. The van der Waals surface area contributed by atoms with Crippen molar-refractivity contribution in [1.29, 1.82) is 0 Å². The second-order valence-corrected chi connectivity index (χ2v) is 5.27. The van der Waals surface area contributed by atoms with Gasteiger partial charge in [-0.2, -0.15) is 0 Å². The molecule has 88 valence electrons. The lowest BCUT2D eigenvalue weighted by atomic mass is 9.88. The van der Waals surface area contributed by atoms with Crippen LogP contribution in [0.3, 0.4) is 0 Å². The molecule has 3 nitrogen and oxygen atoms in total. The van der Waals surface area contributed by atoms with Gasteiger partial charge in [-0.3, -0.25) is 4.79 Å². The average molecular weight is 228 g/mol. The molecule has 0 unspecified atom stereocenters. The van der Waals surface area contributed by atoms with Crippen molar-refractivity contribution in [2.45, 2.75) is 25.8 Å². The molecule has 1 fully saturated rings. The molecule has 2 heterocycles. The van der Waals surface area contributed by atoms with Gasteiger partial charge in [0.1, 0.15) is 0 Å². The molecule has 1 aromatic carbocycles. The second-order valence-electron chi connectivity index (χ2n) is 5.27. The van der Waals surface area contributed by atoms with Crippen LogP contribution in [0.1, 0.15) is 30.6 Å². The molecule has 0 radical (unpaired) electrons. The number of hydrogen-bond donors (Lipinski definition) is 1. The van der Waals surface area contributed by atoms with Crippen LogP contribution in [0.5, 0.6) is 0 Å². The van der Waals surface area contributed by atoms with Crippen molar-refractivity contribution in [1.82, 2.24) is 9.88 Å². The van der Waals surface area contributed by atoms with Crippen molar-refractivity contribution in [3.05, 3.63) is 36.0 Å². The van der Waals surface area contributed by atoms with E-state index in [-0.39, 0.29) is 11.4 Å². The molecule has 1 aromatic heterocycles. The average Bonchev–Trinajstić information content (AvgIpc) is 2.75. The minimum atomic E-state index is 0.00579. The zero-order chi connectivity index (χ0) is 12.0. The maximum absolute atomic E-state index is 12.5. The van der Waals surface area contributed by atoms with E-state index in [1.54, 1.807) is 0 Å². The normalized spacial score (nSPS) is 18.1. The van der Waals surface area contributed by atoms with Crippen molar-refractivity contribution in [2.24, 2.45) is 0 Å². The summed E-state index contributed by atoms with van der Waals surface area (Å²) in [5.41, 5.74) is 1.73. The number of aromatic nitrogens is 1. The SMILES string of the molecule is CC1(C)CCN1C(=O)c1cccc2cc[nH]c12. The Balaban J connectivity index is 2.04. The molecule has 0 aliphatic carbocycles. The van der Waals surface area contributed by atoms with Crippen molar-refractivity contribution in [3.63, 3.8) is 0 Å². The molecule has 0 saturated carbocycles. The van der Waals surface area contributed by atoms with Crippen LogP contribution in [0.2, 0.25) is 0 Å². The van der Waals surface area contributed by atoms with Crippen molar-refractivity contribution in [2.75, 3.05) is 6.54 Å². The number of hydrogen-bond acceptors (Lipinski definition) is 1. The number of nitrogens with zero attached hydrogens (tertiary/aromatic N) is 1. The number of amides is 1. The first-order chi connectivity index (χ1) is 8.09. The Bertz CT molecular complexity index is 583. The number of para-hydroxylation sites is 1. The highest BCUT2D eigenvalue weighted by atomic mass is 16.2. The zero-order valence-electron chi connectivity index (χ0n) is 10.2. The van der Waals surface area contributed by atoms with Crippen LogP contribution in [0.4, 0.5) is 0 Å². The molecule has 3 heteroatoms. The fraction of sp³-hybridized carbons (Fsp3) is 0.357. The predicted molar refractivity (Wildman–Crippen MR) is 68.0 cm³/mol. The molecule has 0 spiro atoms. The molecular formula is C14H16N2O. The Kier molecular flexibility index (Phi) is 2.05. The van der Waals surface area contributed by atoms with Crippen LogP contribution in [0, 0.1) is 0 Å². The summed E-state index contributed by atoms with van der Waals surface area (Å²) in [5, 5.41) is 1.09. The van der Waals surface area contributed by atoms with E-state index in [1.165, 1.54) is 0 Å². The lowest BCUT2D eigenvalue weighted by Crippen LogP contribution is -2.58. The Labute approximate surface area is 100 Å². The van der Waals surface area contributed by atoms with E-state index >= 15 is 0 Å². The van der Waals surface area contributed by atoms with Crippen LogP contribution >= 0.6 is 0 Å². The first-order valence-electron chi connectivity index (χ1n) is 5.98. The van der Waals surface area contributed by atoms with E-state index in [2.05, 4.69) is 18.8 Å². The van der Waals surface area contributed by atoms with Gasteiger partial charge in [-0.25, -0.2) is 0 Å². The molecular weight excluding hydrogens is 212 g/mol. The number of aromatic amines is 1. The van der Waals surface area contributed by atoms with E-state index in [1.807, 2.05) is 35.4 Å².